The van der Waals surface area contributed by atoms with Gasteiger partial charge >= 0.3 is 0 Å². The molecule has 0 aliphatic rings. The van der Waals surface area contributed by atoms with Crippen molar-refractivity contribution in [2.75, 3.05) is 19.0 Å². The lowest BCUT2D eigenvalue weighted by molar-refractivity contribution is -0.121. The Kier molecular flexibility index (Phi) is 5.68. The van der Waals surface area contributed by atoms with Crippen molar-refractivity contribution >= 4 is 11.6 Å². The topological polar surface area (TPSA) is 58.6 Å². The number of rotatable bonds is 4. The minimum atomic E-state index is -0.566. The molecule has 5 heteroatoms. The molecular weight excluding hydrogens is 261 g/mol. The summed E-state index contributed by atoms with van der Waals surface area (Å²) in [7, 11) is 1.54. The standard InChI is InChI=1S/C15H18FNO3/c1-15(2,20-3)10-14(19)17-12-6-7-13(16)11(9-12)5-4-8-18/h6-7,9,18H,8,10H2,1-3H3,(H,17,19). The number of amides is 1. The normalized spacial score (nSPS) is 10.7. The quantitative estimate of drug-likeness (QED) is 0.828. The number of anilines is 1. The second kappa shape index (κ2) is 7.04. The van der Waals surface area contributed by atoms with Gasteiger partial charge in [0.1, 0.15) is 12.4 Å². The van der Waals surface area contributed by atoms with Crippen LogP contribution in [0.15, 0.2) is 18.2 Å². The van der Waals surface area contributed by atoms with Gasteiger partial charge in [-0.05, 0) is 32.0 Å². The van der Waals surface area contributed by atoms with Gasteiger partial charge in [-0.25, -0.2) is 4.39 Å². The van der Waals surface area contributed by atoms with E-state index in [9.17, 15) is 9.18 Å². The summed E-state index contributed by atoms with van der Waals surface area (Å²) in [5.74, 6) is 4.12. The molecule has 20 heavy (non-hydrogen) atoms. The maximum atomic E-state index is 13.4. The maximum Gasteiger partial charge on any atom is 0.227 e. The number of aliphatic hydroxyl groups is 1. The molecule has 0 aliphatic carbocycles. The molecule has 108 valence electrons. The summed E-state index contributed by atoms with van der Waals surface area (Å²) >= 11 is 0. The molecule has 0 saturated carbocycles. The van der Waals surface area contributed by atoms with E-state index >= 15 is 0 Å². The van der Waals surface area contributed by atoms with Crippen LogP contribution < -0.4 is 5.32 Å². The lowest BCUT2D eigenvalue weighted by atomic mass is 10.0. The second-order valence-corrected chi connectivity index (χ2v) is 4.84. The molecule has 0 aromatic heterocycles. The van der Waals surface area contributed by atoms with E-state index < -0.39 is 11.4 Å². The first-order valence-electron chi connectivity index (χ1n) is 6.12. The molecule has 4 nitrogen and oxygen atoms in total. The number of carbonyl (C=O) groups is 1. The average Bonchev–Trinajstić information content (AvgIpc) is 2.38. The highest BCUT2D eigenvalue weighted by Crippen LogP contribution is 2.17. The largest absolute Gasteiger partial charge is 0.384 e. The van der Waals surface area contributed by atoms with Crippen molar-refractivity contribution in [1.29, 1.82) is 0 Å². The molecule has 2 N–H and O–H groups in total. The third kappa shape index (κ3) is 5.00. The fourth-order valence-corrected chi connectivity index (χ4v) is 1.50. The summed E-state index contributed by atoms with van der Waals surface area (Å²) in [5.41, 5.74) is 0.0114. The predicted octanol–water partition coefficient (Wildman–Crippen LogP) is 1.92. The molecule has 0 aliphatic heterocycles. The molecule has 0 heterocycles. The summed E-state index contributed by atoms with van der Waals surface area (Å²) in [6.07, 6.45) is 0.179. The van der Waals surface area contributed by atoms with Crippen LogP contribution in [-0.4, -0.2) is 30.3 Å². The van der Waals surface area contributed by atoms with E-state index in [-0.39, 0.29) is 24.5 Å². The van der Waals surface area contributed by atoms with Crippen LogP contribution in [0, 0.1) is 17.7 Å². The van der Waals surface area contributed by atoms with Crippen LogP contribution in [0.1, 0.15) is 25.8 Å². The van der Waals surface area contributed by atoms with Crippen LogP contribution in [0.3, 0.4) is 0 Å². The van der Waals surface area contributed by atoms with Crippen LogP contribution in [0.2, 0.25) is 0 Å². The Morgan fingerprint density at radius 1 is 1.50 bits per heavy atom. The second-order valence-electron chi connectivity index (χ2n) is 4.84. The number of ether oxygens (including phenoxy) is 1. The highest BCUT2D eigenvalue weighted by molar-refractivity contribution is 5.91. The van der Waals surface area contributed by atoms with Gasteiger partial charge in [-0.2, -0.15) is 0 Å². The van der Waals surface area contributed by atoms with E-state index in [4.69, 9.17) is 9.84 Å². The molecule has 0 saturated heterocycles. The maximum absolute atomic E-state index is 13.4. The lowest BCUT2D eigenvalue weighted by Gasteiger charge is -2.21. The van der Waals surface area contributed by atoms with Crippen LogP contribution in [0.25, 0.3) is 0 Å². The van der Waals surface area contributed by atoms with Gasteiger partial charge in [0.05, 0.1) is 17.6 Å². The van der Waals surface area contributed by atoms with Crippen molar-refractivity contribution in [2.24, 2.45) is 0 Å². The summed E-state index contributed by atoms with van der Waals surface area (Å²) in [4.78, 5) is 11.8. The summed E-state index contributed by atoms with van der Waals surface area (Å²) in [6.45, 7) is 3.25. The van der Waals surface area contributed by atoms with Gasteiger partial charge in [-0.15, -0.1) is 0 Å². The highest BCUT2D eigenvalue weighted by Gasteiger charge is 2.21. The molecule has 0 unspecified atom stereocenters. The fourth-order valence-electron chi connectivity index (χ4n) is 1.50. The number of methoxy groups -OCH3 is 1. The fraction of sp³-hybridized carbons (Fsp3) is 0.400. The molecule has 1 aromatic rings. The molecule has 1 amide bonds. The highest BCUT2D eigenvalue weighted by atomic mass is 19.1. The number of carbonyl (C=O) groups excluding carboxylic acids is 1. The van der Waals surface area contributed by atoms with Crippen LogP contribution >= 0.6 is 0 Å². The molecule has 0 spiro atoms. The Morgan fingerprint density at radius 2 is 2.20 bits per heavy atom. The first kappa shape index (κ1) is 16.2. The number of benzene rings is 1. The smallest absolute Gasteiger partial charge is 0.227 e. The monoisotopic (exact) mass is 279 g/mol. The first-order chi connectivity index (χ1) is 9.38. The van der Waals surface area contributed by atoms with Crippen molar-refractivity contribution < 1.29 is 19.0 Å². The van der Waals surface area contributed by atoms with Crippen molar-refractivity contribution in [3.63, 3.8) is 0 Å². The Labute approximate surface area is 117 Å². The zero-order valence-electron chi connectivity index (χ0n) is 11.8. The molecule has 0 atom stereocenters. The number of hydrogen-bond acceptors (Lipinski definition) is 3. The van der Waals surface area contributed by atoms with Gasteiger partial charge in [-0.1, -0.05) is 11.8 Å². The van der Waals surface area contributed by atoms with E-state index in [1.165, 1.54) is 25.3 Å². The zero-order valence-corrected chi connectivity index (χ0v) is 11.8. The Bertz CT molecular complexity index is 544. The molecule has 1 rings (SSSR count). The molecule has 0 fully saturated rings. The molecule has 0 radical (unpaired) electrons. The predicted molar refractivity (Wildman–Crippen MR) is 74.7 cm³/mol. The number of nitrogens with one attached hydrogen (secondary N) is 1. The Hall–Kier alpha value is -1.90. The van der Waals surface area contributed by atoms with E-state index in [1.54, 1.807) is 13.8 Å². The third-order valence-electron chi connectivity index (χ3n) is 2.69. The summed E-state index contributed by atoms with van der Waals surface area (Å²) in [5, 5.41) is 11.3. The number of aliphatic hydroxyl groups excluding tert-OH is 1. The van der Waals surface area contributed by atoms with Crippen molar-refractivity contribution in [3.8, 4) is 11.8 Å². The third-order valence-corrected chi connectivity index (χ3v) is 2.69. The lowest BCUT2D eigenvalue weighted by Crippen LogP contribution is -2.29. The van der Waals surface area contributed by atoms with Crippen molar-refractivity contribution in [2.45, 2.75) is 25.9 Å². The van der Waals surface area contributed by atoms with E-state index in [0.29, 0.717) is 5.69 Å². The molecule has 0 bridgehead atoms. The Morgan fingerprint density at radius 3 is 2.80 bits per heavy atom. The van der Waals surface area contributed by atoms with Crippen molar-refractivity contribution in [3.05, 3.63) is 29.6 Å². The van der Waals surface area contributed by atoms with Gasteiger partial charge < -0.3 is 15.2 Å². The average molecular weight is 279 g/mol. The van der Waals surface area contributed by atoms with E-state index in [1.807, 2.05) is 0 Å². The van der Waals surface area contributed by atoms with Crippen LogP contribution in [0.4, 0.5) is 10.1 Å². The zero-order chi connectivity index (χ0) is 15.2. The van der Waals surface area contributed by atoms with Gasteiger partial charge in [0.25, 0.3) is 0 Å². The Balaban J connectivity index is 2.81. The van der Waals surface area contributed by atoms with E-state index in [2.05, 4.69) is 17.2 Å². The number of halogens is 1. The summed E-state index contributed by atoms with van der Waals surface area (Å²) in [6, 6.07) is 4.10. The summed E-state index contributed by atoms with van der Waals surface area (Å²) < 4.78 is 18.6. The first-order valence-corrected chi connectivity index (χ1v) is 6.12. The minimum absolute atomic E-state index is 0.128. The van der Waals surface area contributed by atoms with Gasteiger partial charge in [0.2, 0.25) is 5.91 Å². The van der Waals surface area contributed by atoms with Gasteiger partial charge in [0, 0.05) is 12.8 Å². The van der Waals surface area contributed by atoms with E-state index in [0.717, 1.165) is 0 Å². The van der Waals surface area contributed by atoms with Gasteiger partial charge in [-0.3, -0.25) is 4.79 Å². The van der Waals surface area contributed by atoms with Crippen molar-refractivity contribution in [1.82, 2.24) is 0 Å². The van der Waals surface area contributed by atoms with Crippen LogP contribution in [0.5, 0.6) is 0 Å². The molecular formula is C15H18FNO3. The number of hydrogen-bond donors (Lipinski definition) is 2. The van der Waals surface area contributed by atoms with Gasteiger partial charge in [0.15, 0.2) is 0 Å². The minimum Gasteiger partial charge on any atom is -0.384 e. The molecule has 1 aromatic carbocycles. The SMILES string of the molecule is COC(C)(C)CC(=O)Nc1ccc(F)c(C#CCO)c1. The van der Waals surface area contributed by atoms with Crippen LogP contribution in [-0.2, 0) is 9.53 Å².